The standard InChI is InChI=1S/C63H102O6/c1-4-7-10-13-16-19-22-24-26-28-30-31-33-34-36-38-41-44-47-50-53-56-62(65)68-59-60(58-67-61(64)55-52-49-46-43-40-21-18-15-12-9-6-3)69-63(66)57-54-51-48-45-42-39-37-35-32-29-27-25-23-20-17-14-11-8-5-2/h7-8,10-11,15-20,24-27,30-32,34-36,60H,4-6,9,12-14,21-23,28-29,33,37-59H2,1-3H3/b10-7-,11-8-,18-15-,19-16-,20-17-,26-24-,27-25-,31-30-,35-32-,36-34-. The van der Waals surface area contributed by atoms with Crippen LogP contribution in [0.3, 0.4) is 0 Å². The Labute approximate surface area is 424 Å². The average molecular weight is 956 g/mol. The summed E-state index contributed by atoms with van der Waals surface area (Å²) in [6, 6.07) is 0. The van der Waals surface area contributed by atoms with Gasteiger partial charge in [0, 0.05) is 19.3 Å². The van der Waals surface area contributed by atoms with Crippen molar-refractivity contribution >= 4 is 17.9 Å². The van der Waals surface area contributed by atoms with Gasteiger partial charge in [0.2, 0.25) is 0 Å². The number of unbranched alkanes of at least 4 members (excludes halogenated alkanes) is 18. The smallest absolute Gasteiger partial charge is 0.306 e. The molecule has 390 valence electrons. The number of carbonyl (C=O) groups excluding carboxylic acids is 3. The van der Waals surface area contributed by atoms with Crippen LogP contribution >= 0.6 is 0 Å². The topological polar surface area (TPSA) is 78.9 Å². The second-order valence-corrected chi connectivity index (χ2v) is 18.1. The van der Waals surface area contributed by atoms with E-state index in [2.05, 4.69) is 142 Å². The van der Waals surface area contributed by atoms with Gasteiger partial charge in [0.1, 0.15) is 13.2 Å². The molecule has 0 aliphatic heterocycles. The molecule has 0 heterocycles. The monoisotopic (exact) mass is 955 g/mol. The van der Waals surface area contributed by atoms with E-state index >= 15 is 0 Å². The second-order valence-electron chi connectivity index (χ2n) is 18.1. The lowest BCUT2D eigenvalue weighted by molar-refractivity contribution is -0.167. The molecule has 1 atom stereocenters. The number of carbonyl (C=O) groups is 3. The second kappa shape index (κ2) is 56.4. The molecule has 1 unspecified atom stereocenters. The summed E-state index contributed by atoms with van der Waals surface area (Å²) >= 11 is 0. The molecule has 6 nitrogen and oxygen atoms in total. The zero-order chi connectivity index (χ0) is 50.0. The van der Waals surface area contributed by atoms with Crippen LogP contribution in [0.5, 0.6) is 0 Å². The molecule has 0 aromatic carbocycles. The van der Waals surface area contributed by atoms with Crippen molar-refractivity contribution in [1.29, 1.82) is 0 Å². The number of allylic oxidation sites excluding steroid dienone is 20. The zero-order valence-electron chi connectivity index (χ0n) is 44.5. The first kappa shape index (κ1) is 64.8. The summed E-state index contributed by atoms with van der Waals surface area (Å²) in [5.41, 5.74) is 0. The molecular formula is C63H102O6. The lowest BCUT2D eigenvalue weighted by Crippen LogP contribution is -2.30. The maximum atomic E-state index is 12.8. The summed E-state index contributed by atoms with van der Waals surface area (Å²) in [5.74, 6) is -0.944. The van der Waals surface area contributed by atoms with Crippen LogP contribution in [-0.2, 0) is 28.6 Å². The number of esters is 3. The van der Waals surface area contributed by atoms with Gasteiger partial charge in [-0.3, -0.25) is 14.4 Å². The third kappa shape index (κ3) is 54.6. The Balaban J connectivity index is 4.43. The number of rotatable bonds is 49. The lowest BCUT2D eigenvalue weighted by atomic mass is 10.1. The van der Waals surface area contributed by atoms with Crippen LogP contribution in [0.25, 0.3) is 0 Å². The Kier molecular flexibility index (Phi) is 53.0. The first-order chi connectivity index (χ1) is 34.0. The molecule has 0 amide bonds. The molecular weight excluding hydrogens is 853 g/mol. The minimum atomic E-state index is -0.801. The van der Waals surface area contributed by atoms with E-state index in [4.69, 9.17) is 14.2 Å². The molecule has 69 heavy (non-hydrogen) atoms. The molecule has 0 rings (SSSR count). The summed E-state index contributed by atoms with van der Waals surface area (Å²) in [4.78, 5) is 38.1. The van der Waals surface area contributed by atoms with Gasteiger partial charge in [-0.2, -0.15) is 0 Å². The molecule has 0 aliphatic carbocycles. The minimum absolute atomic E-state index is 0.0978. The molecule has 0 aromatic heterocycles. The third-order valence-corrected chi connectivity index (χ3v) is 11.4. The van der Waals surface area contributed by atoms with Crippen LogP contribution in [-0.4, -0.2) is 37.2 Å². The van der Waals surface area contributed by atoms with E-state index in [0.717, 1.165) is 161 Å². The van der Waals surface area contributed by atoms with Crippen LogP contribution in [0, 0.1) is 0 Å². The fourth-order valence-corrected chi connectivity index (χ4v) is 7.26. The average Bonchev–Trinajstić information content (AvgIpc) is 3.35. The van der Waals surface area contributed by atoms with Gasteiger partial charge in [-0.15, -0.1) is 0 Å². The first-order valence-electron chi connectivity index (χ1n) is 28.0. The van der Waals surface area contributed by atoms with Gasteiger partial charge < -0.3 is 14.2 Å². The third-order valence-electron chi connectivity index (χ3n) is 11.4. The molecule has 0 saturated carbocycles. The van der Waals surface area contributed by atoms with Crippen molar-refractivity contribution in [2.24, 2.45) is 0 Å². The van der Waals surface area contributed by atoms with Crippen LogP contribution in [0.4, 0.5) is 0 Å². The molecule has 0 N–H and O–H groups in total. The Bertz CT molecular complexity index is 1470. The van der Waals surface area contributed by atoms with Crippen molar-refractivity contribution in [3.8, 4) is 0 Å². The highest BCUT2D eigenvalue weighted by molar-refractivity contribution is 5.71. The number of ether oxygens (including phenoxy) is 3. The van der Waals surface area contributed by atoms with E-state index < -0.39 is 6.10 Å². The summed E-state index contributed by atoms with van der Waals surface area (Å²) in [5, 5.41) is 0. The van der Waals surface area contributed by atoms with Crippen LogP contribution in [0.15, 0.2) is 122 Å². The fourth-order valence-electron chi connectivity index (χ4n) is 7.26. The Morgan fingerprint density at radius 2 is 0.565 bits per heavy atom. The van der Waals surface area contributed by atoms with Gasteiger partial charge in [-0.25, -0.2) is 0 Å². The summed E-state index contributed by atoms with van der Waals surface area (Å²) in [7, 11) is 0. The van der Waals surface area contributed by atoms with E-state index in [1.165, 1.54) is 38.5 Å². The van der Waals surface area contributed by atoms with E-state index in [-0.39, 0.29) is 31.1 Å². The van der Waals surface area contributed by atoms with Crippen LogP contribution < -0.4 is 0 Å². The number of hydrogen-bond acceptors (Lipinski definition) is 6. The largest absolute Gasteiger partial charge is 0.462 e. The van der Waals surface area contributed by atoms with E-state index in [1.807, 2.05) is 0 Å². The SMILES string of the molecule is CC/C=C\C/C=C\C/C=C\C/C=C\C/C=C\CCCCCCCC(=O)OCC(COC(=O)CCCCCCC/C=C\CCCC)OC(=O)CCCCCCCC/C=C\C/C=C\C/C=C\C/C=C\CC. The van der Waals surface area contributed by atoms with Gasteiger partial charge >= 0.3 is 17.9 Å². The van der Waals surface area contributed by atoms with Gasteiger partial charge in [0.05, 0.1) is 0 Å². The molecule has 0 saturated heterocycles. The number of hydrogen-bond donors (Lipinski definition) is 0. The Hall–Kier alpha value is -4.19. The lowest BCUT2D eigenvalue weighted by Gasteiger charge is -2.18. The van der Waals surface area contributed by atoms with Gasteiger partial charge in [0.25, 0.3) is 0 Å². The quantitative estimate of drug-likeness (QED) is 0.0262. The maximum absolute atomic E-state index is 12.8. The van der Waals surface area contributed by atoms with E-state index in [1.54, 1.807) is 0 Å². The highest BCUT2D eigenvalue weighted by Gasteiger charge is 2.19. The Morgan fingerprint density at radius 3 is 0.899 bits per heavy atom. The minimum Gasteiger partial charge on any atom is -0.462 e. The molecule has 0 aliphatic rings. The normalized spacial score (nSPS) is 13.0. The predicted octanol–water partition coefficient (Wildman–Crippen LogP) is 18.9. The fraction of sp³-hybridized carbons (Fsp3) is 0.635. The molecule has 6 heteroatoms. The summed E-state index contributed by atoms with van der Waals surface area (Å²) in [6.45, 7) is 6.33. The molecule has 0 spiro atoms. The maximum Gasteiger partial charge on any atom is 0.306 e. The van der Waals surface area contributed by atoms with Crippen molar-refractivity contribution in [3.05, 3.63) is 122 Å². The van der Waals surface area contributed by atoms with Gasteiger partial charge in [-0.05, 0) is 122 Å². The van der Waals surface area contributed by atoms with Crippen LogP contribution in [0.2, 0.25) is 0 Å². The Morgan fingerprint density at radius 1 is 0.304 bits per heavy atom. The first-order valence-corrected chi connectivity index (χ1v) is 28.0. The summed E-state index contributed by atoms with van der Waals surface area (Å²) in [6.07, 6.45) is 77.5. The summed E-state index contributed by atoms with van der Waals surface area (Å²) < 4.78 is 16.8. The van der Waals surface area contributed by atoms with Crippen molar-refractivity contribution in [2.75, 3.05) is 13.2 Å². The van der Waals surface area contributed by atoms with E-state index in [9.17, 15) is 14.4 Å². The van der Waals surface area contributed by atoms with Crippen molar-refractivity contribution < 1.29 is 28.6 Å². The molecule has 0 bridgehead atoms. The predicted molar refractivity (Wildman–Crippen MR) is 297 cm³/mol. The molecule has 0 radical (unpaired) electrons. The van der Waals surface area contributed by atoms with Crippen LogP contribution in [0.1, 0.15) is 239 Å². The zero-order valence-corrected chi connectivity index (χ0v) is 44.5. The van der Waals surface area contributed by atoms with Crippen molar-refractivity contribution in [1.82, 2.24) is 0 Å². The highest BCUT2D eigenvalue weighted by atomic mass is 16.6. The highest BCUT2D eigenvalue weighted by Crippen LogP contribution is 2.13. The van der Waals surface area contributed by atoms with E-state index in [0.29, 0.717) is 19.3 Å². The van der Waals surface area contributed by atoms with Crippen molar-refractivity contribution in [3.63, 3.8) is 0 Å². The molecule has 0 aromatic rings. The van der Waals surface area contributed by atoms with Gasteiger partial charge in [0.15, 0.2) is 6.10 Å². The molecule has 0 fully saturated rings. The van der Waals surface area contributed by atoms with Gasteiger partial charge in [-0.1, -0.05) is 219 Å². The van der Waals surface area contributed by atoms with Crippen molar-refractivity contribution in [2.45, 2.75) is 245 Å².